The van der Waals surface area contributed by atoms with E-state index >= 15 is 0 Å². The van der Waals surface area contributed by atoms with E-state index in [1.807, 2.05) is 0 Å². The number of rotatable bonds is 4. The van der Waals surface area contributed by atoms with Gasteiger partial charge in [-0.2, -0.15) is 0 Å². The minimum absolute atomic E-state index is 0.127. The zero-order chi connectivity index (χ0) is 21.4. The normalized spacial score (nSPS) is 14.8. The number of nitrogens with one attached hydrogen (secondary N) is 4. The average molecular weight is 410 g/mol. The standard InChI is InChI=1S/C20H22N6O4/c27-16(14-8-2-6-12-21-14)23-25-18(29)20(10-4-1-5-11-20)19(30)26-24-17(28)15-9-3-7-13-22-15/h2-3,6-9,12-13H,1,4-5,10-11H2,(H,23,27)(H,24,28)(H,25,29)(H,26,30). The summed E-state index contributed by atoms with van der Waals surface area (Å²) in [7, 11) is 0. The first-order valence-electron chi connectivity index (χ1n) is 9.56. The van der Waals surface area contributed by atoms with Crippen molar-refractivity contribution in [2.24, 2.45) is 5.41 Å². The molecule has 10 nitrogen and oxygen atoms in total. The van der Waals surface area contributed by atoms with Crippen LogP contribution in [-0.2, 0) is 9.59 Å². The Morgan fingerprint density at radius 1 is 0.667 bits per heavy atom. The van der Waals surface area contributed by atoms with Gasteiger partial charge in [-0.05, 0) is 37.1 Å². The molecule has 0 atom stereocenters. The van der Waals surface area contributed by atoms with Crippen molar-refractivity contribution in [3.05, 3.63) is 60.2 Å². The predicted octanol–water partition coefficient (Wildman–Crippen LogP) is 0.649. The Balaban J connectivity index is 1.64. The predicted molar refractivity (Wildman–Crippen MR) is 105 cm³/mol. The largest absolute Gasteiger partial charge is 0.288 e. The molecule has 4 N–H and O–H groups in total. The van der Waals surface area contributed by atoms with Gasteiger partial charge in [0.25, 0.3) is 23.6 Å². The number of nitrogens with zero attached hydrogens (tertiary/aromatic N) is 2. The second-order valence-corrected chi connectivity index (χ2v) is 6.89. The molecular weight excluding hydrogens is 388 g/mol. The topological polar surface area (TPSA) is 142 Å². The van der Waals surface area contributed by atoms with Crippen LogP contribution in [0.25, 0.3) is 0 Å². The van der Waals surface area contributed by atoms with Crippen LogP contribution in [0.15, 0.2) is 48.8 Å². The average Bonchev–Trinajstić information content (AvgIpc) is 2.82. The van der Waals surface area contributed by atoms with Crippen LogP contribution in [0, 0.1) is 5.41 Å². The van der Waals surface area contributed by atoms with Crippen molar-refractivity contribution < 1.29 is 19.2 Å². The fourth-order valence-electron chi connectivity index (χ4n) is 3.30. The van der Waals surface area contributed by atoms with Crippen molar-refractivity contribution in [2.75, 3.05) is 0 Å². The van der Waals surface area contributed by atoms with E-state index in [2.05, 4.69) is 31.7 Å². The Morgan fingerprint density at radius 2 is 1.13 bits per heavy atom. The van der Waals surface area contributed by atoms with Crippen molar-refractivity contribution >= 4 is 23.6 Å². The molecule has 10 heteroatoms. The molecule has 1 fully saturated rings. The first kappa shape index (κ1) is 20.9. The van der Waals surface area contributed by atoms with Gasteiger partial charge >= 0.3 is 0 Å². The zero-order valence-corrected chi connectivity index (χ0v) is 16.2. The SMILES string of the molecule is O=C(NNC(=O)C1(C(=O)NNC(=O)c2ccccn2)CCCCC1)c1ccccn1. The summed E-state index contributed by atoms with van der Waals surface area (Å²) >= 11 is 0. The molecule has 2 aromatic heterocycles. The highest BCUT2D eigenvalue weighted by Crippen LogP contribution is 2.36. The molecule has 1 aliphatic carbocycles. The van der Waals surface area contributed by atoms with E-state index in [1.165, 1.54) is 24.5 Å². The molecule has 30 heavy (non-hydrogen) atoms. The van der Waals surface area contributed by atoms with Gasteiger partial charge in [-0.1, -0.05) is 31.4 Å². The lowest BCUT2D eigenvalue weighted by atomic mass is 9.73. The molecule has 0 aromatic carbocycles. The molecule has 0 spiro atoms. The minimum Gasteiger partial charge on any atom is -0.272 e. The highest BCUT2D eigenvalue weighted by Gasteiger charge is 2.47. The van der Waals surface area contributed by atoms with Crippen molar-refractivity contribution in [1.29, 1.82) is 0 Å². The maximum absolute atomic E-state index is 12.9. The molecule has 2 aromatic rings. The maximum atomic E-state index is 12.9. The smallest absolute Gasteiger partial charge is 0.272 e. The van der Waals surface area contributed by atoms with Gasteiger partial charge < -0.3 is 0 Å². The number of carbonyl (C=O) groups excluding carboxylic acids is 4. The number of hydrogen-bond donors (Lipinski definition) is 4. The third kappa shape index (κ3) is 4.77. The molecule has 0 unspecified atom stereocenters. The number of aromatic nitrogens is 2. The van der Waals surface area contributed by atoms with Crippen LogP contribution in [0.5, 0.6) is 0 Å². The van der Waals surface area contributed by atoms with Gasteiger partial charge in [0.15, 0.2) is 0 Å². The van der Waals surface area contributed by atoms with E-state index < -0.39 is 29.0 Å². The van der Waals surface area contributed by atoms with Crippen LogP contribution in [0.3, 0.4) is 0 Å². The number of pyridine rings is 2. The van der Waals surface area contributed by atoms with Gasteiger partial charge in [0.1, 0.15) is 16.8 Å². The van der Waals surface area contributed by atoms with E-state index in [1.54, 1.807) is 24.3 Å². The Bertz CT molecular complexity index is 844. The lowest BCUT2D eigenvalue weighted by Crippen LogP contribution is -2.58. The second-order valence-electron chi connectivity index (χ2n) is 6.89. The maximum Gasteiger partial charge on any atom is 0.288 e. The Kier molecular flexibility index (Phi) is 6.68. The Morgan fingerprint density at radius 3 is 1.53 bits per heavy atom. The van der Waals surface area contributed by atoms with Crippen LogP contribution in [-0.4, -0.2) is 33.6 Å². The fourth-order valence-corrected chi connectivity index (χ4v) is 3.30. The zero-order valence-electron chi connectivity index (χ0n) is 16.2. The lowest BCUT2D eigenvalue weighted by Gasteiger charge is -2.34. The summed E-state index contributed by atoms with van der Waals surface area (Å²) in [4.78, 5) is 57.8. The van der Waals surface area contributed by atoms with E-state index in [0.717, 1.165) is 6.42 Å². The fraction of sp³-hybridized carbons (Fsp3) is 0.300. The summed E-state index contributed by atoms with van der Waals surface area (Å²) in [5, 5.41) is 0. The molecule has 0 bridgehead atoms. The number of carbonyl (C=O) groups is 4. The third-order valence-corrected chi connectivity index (χ3v) is 4.95. The summed E-state index contributed by atoms with van der Waals surface area (Å²) in [6.45, 7) is 0. The van der Waals surface area contributed by atoms with E-state index in [4.69, 9.17) is 0 Å². The second kappa shape index (κ2) is 9.59. The summed E-state index contributed by atoms with van der Waals surface area (Å²) in [6, 6.07) is 9.61. The van der Waals surface area contributed by atoms with Gasteiger partial charge in [0.05, 0.1) is 0 Å². The van der Waals surface area contributed by atoms with Gasteiger partial charge in [-0.25, -0.2) is 0 Å². The van der Waals surface area contributed by atoms with Crippen molar-refractivity contribution in [3.8, 4) is 0 Å². The molecule has 0 saturated heterocycles. The van der Waals surface area contributed by atoms with Crippen molar-refractivity contribution in [1.82, 2.24) is 31.7 Å². The van der Waals surface area contributed by atoms with Crippen LogP contribution in [0.4, 0.5) is 0 Å². The third-order valence-electron chi connectivity index (χ3n) is 4.95. The molecule has 3 rings (SSSR count). The molecule has 0 radical (unpaired) electrons. The van der Waals surface area contributed by atoms with Gasteiger partial charge in [0, 0.05) is 12.4 Å². The first-order chi connectivity index (χ1) is 14.5. The van der Waals surface area contributed by atoms with E-state index in [-0.39, 0.29) is 11.4 Å². The highest BCUT2D eigenvalue weighted by atomic mass is 16.2. The molecular formula is C20H22N6O4. The number of hydrazine groups is 2. The van der Waals surface area contributed by atoms with Gasteiger partial charge in [-0.15, -0.1) is 0 Å². The highest BCUT2D eigenvalue weighted by molar-refractivity contribution is 6.06. The van der Waals surface area contributed by atoms with Crippen molar-refractivity contribution in [3.63, 3.8) is 0 Å². The van der Waals surface area contributed by atoms with Gasteiger partial charge in [0.2, 0.25) is 0 Å². The minimum atomic E-state index is -1.41. The monoisotopic (exact) mass is 410 g/mol. The summed E-state index contributed by atoms with van der Waals surface area (Å²) in [5.74, 6) is -2.48. The summed E-state index contributed by atoms with van der Waals surface area (Å²) in [6.07, 6.45) is 5.73. The quantitative estimate of drug-likeness (QED) is 0.431. The molecule has 156 valence electrons. The first-order valence-corrected chi connectivity index (χ1v) is 9.56. The number of amides is 4. The molecule has 4 amide bonds. The molecule has 2 heterocycles. The lowest BCUT2D eigenvalue weighted by molar-refractivity contribution is -0.147. The molecule has 0 aliphatic heterocycles. The van der Waals surface area contributed by atoms with Crippen LogP contribution < -0.4 is 21.7 Å². The van der Waals surface area contributed by atoms with E-state index in [0.29, 0.717) is 25.7 Å². The summed E-state index contributed by atoms with van der Waals surface area (Å²) < 4.78 is 0. The van der Waals surface area contributed by atoms with Gasteiger partial charge in [-0.3, -0.25) is 50.8 Å². The van der Waals surface area contributed by atoms with Crippen LogP contribution >= 0.6 is 0 Å². The van der Waals surface area contributed by atoms with Crippen LogP contribution in [0.2, 0.25) is 0 Å². The van der Waals surface area contributed by atoms with Crippen LogP contribution in [0.1, 0.15) is 53.1 Å². The van der Waals surface area contributed by atoms with Crippen molar-refractivity contribution in [2.45, 2.75) is 32.1 Å². The molecule has 1 aliphatic rings. The Labute approximate surface area is 172 Å². The molecule has 1 saturated carbocycles. The Hall–Kier alpha value is -3.82. The number of hydrogen-bond acceptors (Lipinski definition) is 6. The van der Waals surface area contributed by atoms with E-state index in [9.17, 15) is 19.2 Å². The summed E-state index contributed by atoms with van der Waals surface area (Å²) in [5.41, 5.74) is 8.08.